The standard InChI is InChI=1S/C26H23N3O2S/c1-16-23(26(31)29-19-8-3-2-4-9-19)24(17-7-5-11-27-15-17)25-20(28-16)13-18(14-21(25)30)22-10-6-12-32-22/h2-12,15,18,24,28H,13-14H2,1H3,(H,29,31)/t18-,24+/m1/s1. The van der Waals surface area contributed by atoms with E-state index in [1.165, 1.54) is 4.88 Å². The fourth-order valence-corrected chi connectivity index (χ4v) is 5.50. The highest BCUT2D eigenvalue weighted by atomic mass is 32.1. The van der Waals surface area contributed by atoms with E-state index >= 15 is 0 Å². The highest BCUT2D eigenvalue weighted by Gasteiger charge is 2.41. The van der Waals surface area contributed by atoms with Crippen molar-refractivity contribution in [3.63, 3.8) is 0 Å². The molecule has 0 radical (unpaired) electrons. The molecule has 2 N–H and O–H groups in total. The molecule has 0 spiro atoms. The van der Waals surface area contributed by atoms with Crippen LogP contribution in [0.3, 0.4) is 0 Å². The first-order valence-electron chi connectivity index (χ1n) is 10.7. The summed E-state index contributed by atoms with van der Waals surface area (Å²) in [5, 5.41) is 8.46. The Kier molecular flexibility index (Phi) is 5.45. The molecule has 32 heavy (non-hydrogen) atoms. The number of hydrogen-bond donors (Lipinski definition) is 2. The molecule has 1 aromatic carbocycles. The molecule has 2 atom stereocenters. The van der Waals surface area contributed by atoms with E-state index in [1.54, 1.807) is 23.7 Å². The van der Waals surface area contributed by atoms with Crippen LogP contribution < -0.4 is 10.6 Å². The van der Waals surface area contributed by atoms with Gasteiger partial charge in [0.1, 0.15) is 0 Å². The second kappa shape index (κ2) is 8.55. The van der Waals surface area contributed by atoms with Crippen LogP contribution in [0.5, 0.6) is 0 Å². The highest BCUT2D eigenvalue weighted by molar-refractivity contribution is 7.10. The van der Waals surface area contributed by atoms with Crippen LogP contribution in [0.4, 0.5) is 5.69 Å². The number of benzene rings is 1. The minimum absolute atomic E-state index is 0.0866. The number of Topliss-reactive ketones (excluding diaryl/α,β-unsaturated/α-hetero) is 1. The van der Waals surface area contributed by atoms with E-state index in [-0.39, 0.29) is 17.6 Å². The highest BCUT2D eigenvalue weighted by Crippen LogP contribution is 2.46. The fraction of sp³-hybridized carbons (Fsp3) is 0.192. The van der Waals surface area contributed by atoms with Gasteiger partial charge >= 0.3 is 0 Å². The number of anilines is 1. The summed E-state index contributed by atoms with van der Waals surface area (Å²) in [5.41, 5.74) is 4.50. The van der Waals surface area contributed by atoms with Crippen molar-refractivity contribution in [2.45, 2.75) is 31.6 Å². The molecule has 3 heterocycles. The van der Waals surface area contributed by atoms with Crippen molar-refractivity contribution in [1.82, 2.24) is 10.3 Å². The van der Waals surface area contributed by atoms with E-state index < -0.39 is 5.92 Å². The average molecular weight is 442 g/mol. The Morgan fingerprint density at radius 1 is 1.09 bits per heavy atom. The lowest BCUT2D eigenvalue weighted by Gasteiger charge is -2.36. The van der Waals surface area contributed by atoms with Gasteiger partial charge in [0.15, 0.2) is 5.78 Å². The molecule has 160 valence electrons. The van der Waals surface area contributed by atoms with Gasteiger partial charge in [-0.2, -0.15) is 0 Å². The number of carbonyl (C=O) groups is 2. The molecule has 1 aliphatic heterocycles. The van der Waals surface area contributed by atoms with Crippen LogP contribution in [0.25, 0.3) is 0 Å². The lowest BCUT2D eigenvalue weighted by atomic mass is 9.73. The third-order valence-corrected chi connectivity index (χ3v) is 7.10. The number of nitrogens with zero attached hydrogens (tertiary/aromatic N) is 1. The molecule has 0 unspecified atom stereocenters. The van der Waals surface area contributed by atoms with Crippen molar-refractivity contribution in [2.75, 3.05) is 5.32 Å². The molecule has 2 aliphatic rings. The van der Waals surface area contributed by atoms with Gasteiger partial charge in [-0.15, -0.1) is 11.3 Å². The fourth-order valence-electron chi connectivity index (χ4n) is 4.66. The molecule has 0 saturated heterocycles. The minimum atomic E-state index is -0.444. The molecule has 0 saturated carbocycles. The van der Waals surface area contributed by atoms with Gasteiger partial charge in [0.05, 0.1) is 0 Å². The maximum atomic E-state index is 13.5. The molecule has 6 heteroatoms. The van der Waals surface area contributed by atoms with E-state index in [0.29, 0.717) is 17.6 Å². The summed E-state index contributed by atoms with van der Waals surface area (Å²) in [6.45, 7) is 1.91. The summed E-state index contributed by atoms with van der Waals surface area (Å²) in [4.78, 5) is 32.4. The average Bonchev–Trinajstić information content (AvgIpc) is 3.34. The number of pyridine rings is 1. The predicted octanol–water partition coefficient (Wildman–Crippen LogP) is 5.14. The zero-order valence-corrected chi connectivity index (χ0v) is 18.5. The van der Waals surface area contributed by atoms with Gasteiger partial charge in [0, 0.05) is 63.8 Å². The van der Waals surface area contributed by atoms with Crippen LogP contribution in [0.15, 0.2) is 94.9 Å². The van der Waals surface area contributed by atoms with Crippen molar-refractivity contribution in [2.24, 2.45) is 0 Å². The second-order valence-electron chi connectivity index (χ2n) is 8.14. The molecule has 2 aromatic heterocycles. The normalized spacial score (nSPS) is 20.6. The summed E-state index contributed by atoms with van der Waals surface area (Å²) >= 11 is 1.69. The molecule has 0 fully saturated rings. The van der Waals surface area contributed by atoms with Gasteiger partial charge in [0.2, 0.25) is 0 Å². The van der Waals surface area contributed by atoms with Gasteiger partial charge in [-0.1, -0.05) is 30.3 Å². The Balaban J connectivity index is 1.56. The molecule has 1 aliphatic carbocycles. The summed E-state index contributed by atoms with van der Waals surface area (Å²) in [5.74, 6) is -0.408. The van der Waals surface area contributed by atoms with Crippen LogP contribution in [-0.2, 0) is 9.59 Å². The van der Waals surface area contributed by atoms with Crippen molar-refractivity contribution >= 4 is 28.7 Å². The van der Waals surface area contributed by atoms with Crippen LogP contribution >= 0.6 is 11.3 Å². The van der Waals surface area contributed by atoms with Gasteiger partial charge in [-0.05, 0) is 48.6 Å². The maximum absolute atomic E-state index is 13.5. The number of dihydropyridines is 1. The van der Waals surface area contributed by atoms with Crippen molar-refractivity contribution < 1.29 is 9.59 Å². The summed E-state index contributed by atoms with van der Waals surface area (Å²) < 4.78 is 0. The van der Waals surface area contributed by atoms with E-state index in [9.17, 15) is 9.59 Å². The number of carbonyl (C=O) groups excluding carboxylic acids is 2. The van der Waals surface area contributed by atoms with Crippen molar-refractivity contribution in [3.8, 4) is 0 Å². The van der Waals surface area contributed by atoms with Gasteiger partial charge in [-0.3, -0.25) is 14.6 Å². The first kappa shape index (κ1) is 20.4. The minimum Gasteiger partial charge on any atom is -0.362 e. The second-order valence-corrected chi connectivity index (χ2v) is 9.12. The van der Waals surface area contributed by atoms with Crippen molar-refractivity contribution in [1.29, 1.82) is 0 Å². The van der Waals surface area contributed by atoms with E-state index in [1.807, 2.05) is 60.8 Å². The number of ketones is 1. The predicted molar refractivity (Wildman–Crippen MR) is 126 cm³/mol. The Labute approximate surface area is 190 Å². The largest absolute Gasteiger partial charge is 0.362 e. The quantitative estimate of drug-likeness (QED) is 0.588. The number of para-hydroxylation sites is 1. The van der Waals surface area contributed by atoms with E-state index in [4.69, 9.17) is 0 Å². The van der Waals surface area contributed by atoms with Crippen LogP contribution in [-0.4, -0.2) is 16.7 Å². The molecule has 5 rings (SSSR count). The molecular weight excluding hydrogens is 418 g/mol. The maximum Gasteiger partial charge on any atom is 0.254 e. The Morgan fingerprint density at radius 3 is 2.66 bits per heavy atom. The lowest BCUT2D eigenvalue weighted by Crippen LogP contribution is -2.37. The van der Waals surface area contributed by atoms with Crippen LogP contribution in [0.1, 0.15) is 42.0 Å². The Morgan fingerprint density at radius 2 is 1.94 bits per heavy atom. The lowest BCUT2D eigenvalue weighted by molar-refractivity contribution is -0.116. The van der Waals surface area contributed by atoms with Crippen LogP contribution in [0.2, 0.25) is 0 Å². The number of aromatic nitrogens is 1. The van der Waals surface area contributed by atoms with Gasteiger partial charge < -0.3 is 10.6 Å². The third kappa shape index (κ3) is 3.78. The number of rotatable bonds is 4. The number of thiophene rings is 1. The topological polar surface area (TPSA) is 71.1 Å². The van der Waals surface area contributed by atoms with E-state index in [2.05, 4.69) is 21.7 Å². The Bertz CT molecular complexity index is 1210. The molecule has 3 aromatic rings. The number of amides is 1. The molecule has 5 nitrogen and oxygen atoms in total. The molecule has 0 bridgehead atoms. The summed E-state index contributed by atoms with van der Waals surface area (Å²) in [6.07, 6.45) is 4.66. The first-order valence-corrected chi connectivity index (χ1v) is 11.5. The third-order valence-electron chi connectivity index (χ3n) is 6.07. The summed E-state index contributed by atoms with van der Waals surface area (Å²) in [7, 11) is 0. The van der Waals surface area contributed by atoms with E-state index in [0.717, 1.165) is 29.1 Å². The monoisotopic (exact) mass is 441 g/mol. The first-order chi connectivity index (χ1) is 15.6. The summed E-state index contributed by atoms with van der Waals surface area (Å²) in [6, 6.07) is 17.3. The van der Waals surface area contributed by atoms with Crippen LogP contribution in [0, 0.1) is 0 Å². The number of hydrogen-bond acceptors (Lipinski definition) is 5. The number of nitrogens with one attached hydrogen (secondary N) is 2. The smallest absolute Gasteiger partial charge is 0.254 e. The SMILES string of the molecule is CC1=C(C(=O)Nc2ccccc2)[C@H](c2cccnc2)C2=C(C[C@@H](c3cccs3)CC2=O)N1. The van der Waals surface area contributed by atoms with Gasteiger partial charge in [-0.25, -0.2) is 0 Å². The number of allylic oxidation sites excluding steroid dienone is 3. The zero-order chi connectivity index (χ0) is 22.1. The molecule has 1 amide bonds. The zero-order valence-electron chi connectivity index (χ0n) is 17.7. The van der Waals surface area contributed by atoms with Crippen molar-refractivity contribution in [3.05, 3.63) is 105 Å². The Hall–Kier alpha value is -3.51. The van der Waals surface area contributed by atoms with Gasteiger partial charge in [0.25, 0.3) is 5.91 Å². The molecular formula is C26H23N3O2S.